The van der Waals surface area contributed by atoms with E-state index in [1.807, 2.05) is 39.5 Å². The van der Waals surface area contributed by atoms with Gasteiger partial charge < -0.3 is 19.1 Å². The Hall–Kier alpha value is -2.12. The first kappa shape index (κ1) is 18.7. The molecule has 144 valence electrons. The minimum Gasteiger partial charge on any atom is -0.444 e. The van der Waals surface area contributed by atoms with E-state index in [0.29, 0.717) is 32.6 Å². The van der Waals surface area contributed by atoms with Crippen LogP contribution in [0.2, 0.25) is 0 Å². The Kier molecular flexibility index (Phi) is 4.94. The minimum atomic E-state index is -0.505. The maximum Gasteiger partial charge on any atom is 0.410 e. The average Bonchev–Trinajstić information content (AvgIpc) is 2.93. The number of aromatic nitrogens is 3. The van der Waals surface area contributed by atoms with Crippen molar-refractivity contribution in [1.82, 2.24) is 24.6 Å². The third-order valence-corrected chi connectivity index (χ3v) is 5.12. The van der Waals surface area contributed by atoms with E-state index in [-0.39, 0.29) is 23.8 Å². The second kappa shape index (κ2) is 6.89. The number of aryl methyl sites for hydroxylation is 1. The van der Waals surface area contributed by atoms with Gasteiger partial charge in [-0.3, -0.25) is 4.79 Å². The van der Waals surface area contributed by atoms with E-state index in [2.05, 4.69) is 14.8 Å². The fraction of sp³-hybridized carbons (Fsp3) is 0.778. The van der Waals surface area contributed by atoms with Crippen LogP contribution in [0.5, 0.6) is 0 Å². The molecule has 8 nitrogen and oxygen atoms in total. The van der Waals surface area contributed by atoms with Crippen molar-refractivity contribution in [2.75, 3.05) is 19.6 Å². The number of amides is 2. The summed E-state index contributed by atoms with van der Waals surface area (Å²) in [5.74, 6) is 1.94. The molecule has 1 saturated heterocycles. The highest BCUT2D eigenvalue weighted by Gasteiger charge is 2.37. The van der Waals surface area contributed by atoms with Gasteiger partial charge in [0.05, 0.1) is 6.54 Å². The smallest absolute Gasteiger partial charge is 0.410 e. The summed E-state index contributed by atoms with van der Waals surface area (Å²) in [4.78, 5) is 28.9. The van der Waals surface area contributed by atoms with Gasteiger partial charge in [-0.2, -0.15) is 0 Å². The summed E-state index contributed by atoms with van der Waals surface area (Å²) in [6, 6.07) is 0. The Bertz CT molecular complexity index is 693. The van der Waals surface area contributed by atoms with Crippen molar-refractivity contribution in [2.45, 2.75) is 59.7 Å². The summed E-state index contributed by atoms with van der Waals surface area (Å²) in [7, 11) is 0. The molecule has 3 rings (SSSR count). The lowest BCUT2D eigenvalue weighted by Gasteiger charge is -2.39. The minimum absolute atomic E-state index is 0.0655. The number of carbonyl (C=O) groups excluding carboxylic acids is 2. The number of fused-ring (bicyclic) bond motifs is 1. The second-order valence-electron chi connectivity index (χ2n) is 8.37. The summed E-state index contributed by atoms with van der Waals surface area (Å²) in [5, 5.41) is 8.27. The maximum absolute atomic E-state index is 13.0. The molecule has 26 heavy (non-hydrogen) atoms. The Balaban J connectivity index is 1.59. The molecule has 0 aliphatic carbocycles. The van der Waals surface area contributed by atoms with Gasteiger partial charge in [-0.1, -0.05) is 6.92 Å². The average molecular weight is 363 g/mol. The van der Waals surface area contributed by atoms with Crippen LogP contribution in [0.25, 0.3) is 0 Å². The van der Waals surface area contributed by atoms with Crippen molar-refractivity contribution in [3.63, 3.8) is 0 Å². The topological polar surface area (TPSA) is 80.6 Å². The Morgan fingerprint density at radius 3 is 2.50 bits per heavy atom. The van der Waals surface area contributed by atoms with Crippen LogP contribution in [0.4, 0.5) is 4.79 Å². The lowest BCUT2D eigenvalue weighted by atomic mass is 9.85. The molecule has 1 aromatic heterocycles. The molecule has 3 heterocycles. The van der Waals surface area contributed by atoms with Gasteiger partial charge in [0, 0.05) is 32.1 Å². The highest BCUT2D eigenvalue weighted by molar-refractivity contribution is 5.79. The number of carbonyl (C=O) groups is 2. The molecule has 8 heteroatoms. The van der Waals surface area contributed by atoms with E-state index >= 15 is 0 Å². The van der Waals surface area contributed by atoms with Crippen molar-refractivity contribution in [3.05, 3.63) is 11.6 Å². The number of hydrogen-bond acceptors (Lipinski definition) is 5. The molecule has 2 atom stereocenters. The van der Waals surface area contributed by atoms with Crippen LogP contribution in [0.1, 0.15) is 45.8 Å². The summed E-state index contributed by atoms with van der Waals surface area (Å²) in [6.45, 7) is 12.6. The largest absolute Gasteiger partial charge is 0.444 e. The van der Waals surface area contributed by atoms with Crippen LogP contribution in [-0.2, 0) is 22.6 Å². The Morgan fingerprint density at radius 2 is 1.85 bits per heavy atom. The van der Waals surface area contributed by atoms with Crippen molar-refractivity contribution in [3.8, 4) is 0 Å². The van der Waals surface area contributed by atoms with Crippen LogP contribution < -0.4 is 0 Å². The van der Waals surface area contributed by atoms with Gasteiger partial charge in [-0.25, -0.2) is 4.79 Å². The predicted octanol–water partition coefficient (Wildman–Crippen LogP) is 1.82. The predicted molar refractivity (Wildman–Crippen MR) is 95.3 cm³/mol. The quantitative estimate of drug-likeness (QED) is 0.760. The fourth-order valence-electron chi connectivity index (χ4n) is 3.73. The lowest BCUT2D eigenvalue weighted by Crippen LogP contribution is -2.50. The van der Waals surface area contributed by atoms with E-state index < -0.39 is 5.60 Å². The summed E-state index contributed by atoms with van der Waals surface area (Å²) < 4.78 is 7.52. The highest BCUT2D eigenvalue weighted by atomic mass is 16.6. The molecular weight excluding hydrogens is 334 g/mol. The molecule has 0 radical (unpaired) electrons. The van der Waals surface area contributed by atoms with Crippen LogP contribution >= 0.6 is 0 Å². The normalized spacial score (nSPS) is 23.6. The number of likely N-dealkylation sites (tertiary alicyclic amines) is 1. The maximum atomic E-state index is 13.0. The van der Waals surface area contributed by atoms with Gasteiger partial charge in [-0.15, -0.1) is 10.2 Å². The SMILES string of the molecule is Cc1nnc2n1CCN(C(=O)C1CCN(C(=O)OC(C)(C)C)CC1C)C2. The van der Waals surface area contributed by atoms with Crippen LogP contribution in [0.15, 0.2) is 0 Å². The molecule has 2 amide bonds. The van der Waals surface area contributed by atoms with Gasteiger partial charge in [0.15, 0.2) is 5.82 Å². The molecule has 0 aromatic carbocycles. The van der Waals surface area contributed by atoms with Gasteiger partial charge in [0.25, 0.3) is 0 Å². The molecule has 0 spiro atoms. The molecule has 0 saturated carbocycles. The first-order valence-electron chi connectivity index (χ1n) is 9.31. The standard InChI is InChI=1S/C18H29N5O3/c1-12-10-22(17(25)26-18(3,4)5)7-6-14(12)16(24)21-8-9-23-13(2)19-20-15(23)11-21/h12,14H,6-11H2,1-5H3. The van der Waals surface area contributed by atoms with Gasteiger partial charge in [0.1, 0.15) is 11.4 Å². The lowest BCUT2D eigenvalue weighted by molar-refractivity contribution is -0.140. The van der Waals surface area contributed by atoms with Crippen molar-refractivity contribution >= 4 is 12.0 Å². The van der Waals surface area contributed by atoms with Crippen LogP contribution in [-0.4, -0.2) is 61.8 Å². The first-order chi connectivity index (χ1) is 12.2. The number of hydrogen-bond donors (Lipinski definition) is 0. The number of piperidine rings is 1. The summed E-state index contributed by atoms with van der Waals surface area (Å²) in [5.41, 5.74) is -0.505. The van der Waals surface area contributed by atoms with Crippen LogP contribution in [0, 0.1) is 18.8 Å². The molecule has 2 aliphatic rings. The van der Waals surface area contributed by atoms with Crippen molar-refractivity contribution in [2.24, 2.45) is 11.8 Å². The van der Waals surface area contributed by atoms with Crippen molar-refractivity contribution in [1.29, 1.82) is 0 Å². The molecule has 1 fully saturated rings. The number of rotatable bonds is 1. The van der Waals surface area contributed by atoms with E-state index in [1.165, 1.54) is 0 Å². The molecule has 0 N–H and O–H groups in total. The zero-order valence-electron chi connectivity index (χ0n) is 16.4. The number of nitrogens with zero attached hydrogens (tertiary/aromatic N) is 5. The molecule has 2 aliphatic heterocycles. The third-order valence-electron chi connectivity index (χ3n) is 5.12. The third kappa shape index (κ3) is 3.83. The second-order valence-corrected chi connectivity index (χ2v) is 8.37. The monoisotopic (exact) mass is 363 g/mol. The van der Waals surface area contributed by atoms with E-state index in [4.69, 9.17) is 4.74 Å². The van der Waals surface area contributed by atoms with Crippen LogP contribution in [0.3, 0.4) is 0 Å². The van der Waals surface area contributed by atoms with E-state index in [0.717, 1.165) is 18.2 Å². The summed E-state index contributed by atoms with van der Waals surface area (Å²) in [6.07, 6.45) is 0.373. The summed E-state index contributed by atoms with van der Waals surface area (Å²) >= 11 is 0. The van der Waals surface area contributed by atoms with Gasteiger partial charge in [-0.05, 0) is 40.0 Å². The first-order valence-corrected chi connectivity index (χ1v) is 9.31. The zero-order chi connectivity index (χ0) is 19.1. The Morgan fingerprint density at radius 1 is 1.12 bits per heavy atom. The van der Waals surface area contributed by atoms with E-state index in [9.17, 15) is 9.59 Å². The highest BCUT2D eigenvalue weighted by Crippen LogP contribution is 2.28. The fourth-order valence-corrected chi connectivity index (χ4v) is 3.73. The van der Waals surface area contributed by atoms with Crippen molar-refractivity contribution < 1.29 is 14.3 Å². The van der Waals surface area contributed by atoms with E-state index in [1.54, 1.807) is 4.90 Å². The molecular formula is C18H29N5O3. The zero-order valence-corrected chi connectivity index (χ0v) is 16.4. The van der Waals surface area contributed by atoms with Gasteiger partial charge >= 0.3 is 6.09 Å². The number of ether oxygens (including phenoxy) is 1. The molecule has 2 unspecified atom stereocenters. The molecule has 1 aromatic rings. The Labute approximate surface area is 154 Å². The van der Waals surface area contributed by atoms with Gasteiger partial charge in [0.2, 0.25) is 5.91 Å². The molecule has 0 bridgehead atoms.